The third-order valence-corrected chi connectivity index (χ3v) is 2.44. The topological polar surface area (TPSA) is 90.8 Å². The molecule has 0 atom stereocenters. The van der Waals surface area contributed by atoms with Gasteiger partial charge in [-0.1, -0.05) is 0 Å². The van der Waals surface area contributed by atoms with Gasteiger partial charge in [0.15, 0.2) is 5.82 Å². The van der Waals surface area contributed by atoms with E-state index in [-0.39, 0.29) is 5.91 Å². The average molecular weight is 234 g/mol. The SMILES string of the molecule is Cc1nn(C)c(C(=O)Nc2ccn(C)n2)c1N. The third kappa shape index (κ3) is 1.99. The Labute approximate surface area is 98.2 Å². The number of aryl methyl sites for hydroxylation is 3. The molecule has 3 N–H and O–H groups in total. The summed E-state index contributed by atoms with van der Waals surface area (Å²) < 4.78 is 3.07. The molecule has 17 heavy (non-hydrogen) atoms. The van der Waals surface area contributed by atoms with Crippen LogP contribution in [0.2, 0.25) is 0 Å². The number of nitrogens with zero attached hydrogens (tertiary/aromatic N) is 4. The smallest absolute Gasteiger partial charge is 0.277 e. The molecular formula is C10H14N6O. The lowest BCUT2D eigenvalue weighted by atomic mass is 10.3. The lowest BCUT2D eigenvalue weighted by Crippen LogP contribution is -2.18. The molecular weight excluding hydrogens is 220 g/mol. The van der Waals surface area contributed by atoms with Crippen molar-refractivity contribution in [2.24, 2.45) is 14.1 Å². The maximum atomic E-state index is 12.0. The summed E-state index contributed by atoms with van der Waals surface area (Å²) >= 11 is 0. The summed E-state index contributed by atoms with van der Waals surface area (Å²) in [5.74, 6) is 0.167. The van der Waals surface area contributed by atoms with Crippen molar-refractivity contribution < 1.29 is 4.79 Å². The van der Waals surface area contributed by atoms with Gasteiger partial charge in [0.25, 0.3) is 5.91 Å². The van der Waals surface area contributed by atoms with Gasteiger partial charge < -0.3 is 11.1 Å². The predicted molar refractivity (Wildman–Crippen MR) is 63.5 cm³/mol. The molecule has 0 saturated heterocycles. The summed E-state index contributed by atoms with van der Waals surface area (Å²) in [5, 5.41) is 10.8. The minimum absolute atomic E-state index is 0.315. The summed E-state index contributed by atoms with van der Waals surface area (Å²) in [5.41, 5.74) is 7.16. The minimum Gasteiger partial charge on any atom is -0.395 e. The molecule has 0 aliphatic heterocycles. The molecule has 90 valence electrons. The molecule has 0 spiro atoms. The standard InChI is InChI=1S/C10H14N6O/c1-6-8(11)9(16(3)13-6)10(17)12-7-4-5-15(2)14-7/h4-5H,11H2,1-3H3,(H,12,14,17). The van der Waals surface area contributed by atoms with Crippen LogP contribution in [0, 0.1) is 6.92 Å². The van der Waals surface area contributed by atoms with E-state index in [2.05, 4.69) is 15.5 Å². The van der Waals surface area contributed by atoms with Gasteiger partial charge in [0.2, 0.25) is 0 Å². The highest BCUT2D eigenvalue weighted by Gasteiger charge is 2.18. The van der Waals surface area contributed by atoms with E-state index in [9.17, 15) is 4.79 Å². The zero-order chi connectivity index (χ0) is 12.6. The van der Waals surface area contributed by atoms with Gasteiger partial charge in [-0.2, -0.15) is 10.2 Å². The van der Waals surface area contributed by atoms with E-state index >= 15 is 0 Å². The number of hydrogen-bond acceptors (Lipinski definition) is 4. The number of anilines is 2. The fraction of sp³-hybridized carbons (Fsp3) is 0.300. The highest BCUT2D eigenvalue weighted by atomic mass is 16.2. The van der Waals surface area contributed by atoms with Crippen LogP contribution in [0.4, 0.5) is 11.5 Å². The van der Waals surface area contributed by atoms with Crippen molar-refractivity contribution in [2.45, 2.75) is 6.92 Å². The summed E-state index contributed by atoms with van der Waals surface area (Å²) in [4.78, 5) is 12.0. The average Bonchev–Trinajstić information content (AvgIpc) is 2.73. The van der Waals surface area contributed by atoms with Gasteiger partial charge in [-0.15, -0.1) is 0 Å². The number of carbonyl (C=O) groups excluding carboxylic acids is 1. The summed E-state index contributed by atoms with van der Waals surface area (Å²) in [6.45, 7) is 1.76. The quantitative estimate of drug-likeness (QED) is 0.781. The van der Waals surface area contributed by atoms with Crippen molar-refractivity contribution >= 4 is 17.4 Å². The highest BCUT2D eigenvalue weighted by molar-refractivity contribution is 6.06. The maximum absolute atomic E-state index is 12.0. The normalized spacial score (nSPS) is 10.5. The van der Waals surface area contributed by atoms with Crippen LogP contribution in [-0.2, 0) is 14.1 Å². The van der Waals surface area contributed by atoms with E-state index in [0.717, 1.165) is 0 Å². The van der Waals surface area contributed by atoms with Gasteiger partial charge in [0, 0.05) is 26.4 Å². The van der Waals surface area contributed by atoms with E-state index in [1.807, 2.05) is 0 Å². The second-order valence-corrected chi connectivity index (χ2v) is 3.80. The molecule has 7 nitrogen and oxygen atoms in total. The molecule has 0 aliphatic rings. The molecule has 7 heteroatoms. The van der Waals surface area contributed by atoms with Crippen LogP contribution in [0.1, 0.15) is 16.2 Å². The third-order valence-electron chi connectivity index (χ3n) is 2.44. The van der Waals surface area contributed by atoms with Crippen LogP contribution in [0.15, 0.2) is 12.3 Å². The van der Waals surface area contributed by atoms with Gasteiger partial charge in [0.05, 0.1) is 11.4 Å². The molecule has 2 aromatic rings. The second kappa shape index (κ2) is 3.93. The van der Waals surface area contributed by atoms with Gasteiger partial charge in [0.1, 0.15) is 5.69 Å². The Hall–Kier alpha value is -2.31. The van der Waals surface area contributed by atoms with Crippen LogP contribution in [0.5, 0.6) is 0 Å². The van der Waals surface area contributed by atoms with Gasteiger partial charge in [-0.25, -0.2) is 0 Å². The van der Waals surface area contributed by atoms with Crippen LogP contribution < -0.4 is 11.1 Å². The molecule has 0 aromatic carbocycles. The van der Waals surface area contributed by atoms with E-state index in [0.29, 0.717) is 22.9 Å². The zero-order valence-corrected chi connectivity index (χ0v) is 9.93. The molecule has 0 fully saturated rings. The van der Waals surface area contributed by atoms with Crippen LogP contribution in [0.25, 0.3) is 0 Å². The van der Waals surface area contributed by atoms with Crippen LogP contribution in [-0.4, -0.2) is 25.5 Å². The molecule has 0 radical (unpaired) electrons. The minimum atomic E-state index is -0.315. The first-order valence-corrected chi connectivity index (χ1v) is 5.09. The summed E-state index contributed by atoms with van der Waals surface area (Å²) in [7, 11) is 3.45. The predicted octanol–water partition coefficient (Wildman–Crippen LogP) is 0.297. The van der Waals surface area contributed by atoms with Crippen LogP contribution in [0.3, 0.4) is 0 Å². The molecule has 2 heterocycles. The number of rotatable bonds is 2. The van der Waals surface area contributed by atoms with Crippen molar-refractivity contribution in [1.29, 1.82) is 0 Å². The second-order valence-electron chi connectivity index (χ2n) is 3.80. The largest absolute Gasteiger partial charge is 0.395 e. The number of amides is 1. The Balaban J connectivity index is 2.26. The highest BCUT2D eigenvalue weighted by Crippen LogP contribution is 2.16. The zero-order valence-electron chi connectivity index (χ0n) is 9.93. The Morgan fingerprint density at radius 1 is 1.41 bits per heavy atom. The Morgan fingerprint density at radius 3 is 2.59 bits per heavy atom. The Bertz CT molecular complexity index is 567. The molecule has 0 saturated carbocycles. The van der Waals surface area contributed by atoms with E-state index in [4.69, 9.17) is 5.73 Å². The van der Waals surface area contributed by atoms with Crippen molar-refractivity contribution in [1.82, 2.24) is 19.6 Å². The number of aromatic nitrogens is 4. The number of nitrogen functional groups attached to an aromatic ring is 1. The molecule has 0 aliphatic carbocycles. The van der Waals surface area contributed by atoms with Crippen molar-refractivity contribution in [2.75, 3.05) is 11.1 Å². The van der Waals surface area contributed by atoms with Gasteiger partial charge in [-0.3, -0.25) is 14.2 Å². The number of nitrogens with two attached hydrogens (primary N) is 1. The Morgan fingerprint density at radius 2 is 2.12 bits per heavy atom. The molecule has 0 bridgehead atoms. The van der Waals surface area contributed by atoms with Gasteiger partial charge >= 0.3 is 0 Å². The summed E-state index contributed by atoms with van der Waals surface area (Å²) in [6.07, 6.45) is 1.74. The van der Waals surface area contributed by atoms with E-state index in [1.54, 1.807) is 38.0 Å². The van der Waals surface area contributed by atoms with E-state index in [1.165, 1.54) is 4.68 Å². The lowest BCUT2D eigenvalue weighted by Gasteiger charge is -2.03. The van der Waals surface area contributed by atoms with Crippen LogP contribution >= 0.6 is 0 Å². The first kappa shape index (κ1) is 11.2. The maximum Gasteiger partial charge on any atom is 0.277 e. The first-order valence-electron chi connectivity index (χ1n) is 5.09. The fourth-order valence-electron chi connectivity index (χ4n) is 1.60. The van der Waals surface area contributed by atoms with Gasteiger partial charge in [-0.05, 0) is 6.92 Å². The monoisotopic (exact) mass is 234 g/mol. The lowest BCUT2D eigenvalue weighted by molar-refractivity contribution is 0.101. The summed E-state index contributed by atoms with van der Waals surface area (Å²) in [6, 6.07) is 1.71. The van der Waals surface area contributed by atoms with Crippen molar-refractivity contribution in [3.05, 3.63) is 23.7 Å². The number of nitrogens with one attached hydrogen (secondary N) is 1. The molecule has 2 rings (SSSR count). The van der Waals surface area contributed by atoms with E-state index < -0.39 is 0 Å². The molecule has 2 aromatic heterocycles. The Kier molecular flexibility index (Phi) is 2.58. The fourth-order valence-corrected chi connectivity index (χ4v) is 1.60. The number of hydrogen-bond donors (Lipinski definition) is 2. The molecule has 1 amide bonds. The number of carbonyl (C=O) groups is 1. The molecule has 0 unspecified atom stereocenters. The van der Waals surface area contributed by atoms with Crippen molar-refractivity contribution in [3.63, 3.8) is 0 Å². The van der Waals surface area contributed by atoms with Crippen molar-refractivity contribution in [3.8, 4) is 0 Å². The first-order chi connectivity index (χ1) is 7.99.